The number of halogens is 3. The lowest BCUT2D eigenvalue weighted by Crippen LogP contribution is -2.33. The zero-order valence-electron chi connectivity index (χ0n) is 12.0. The maximum atomic E-state index is 12.6. The largest absolute Gasteiger partial charge is 0.416 e. The maximum Gasteiger partial charge on any atom is 0.416 e. The van der Waals surface area contributed by atoms with Crippen LogP contribution < -0.4 is 11.3 Å². The molecule has 1 aromatic rings. The smallest absolute Gasteiger partial charge is 0.271 e. The average Bonchev–Trinajstić information content (AvgIpc) is 2.39. The summed E-state index contributed by atoms with van der Waals surface area (Å²) in [5.41, 5.74) is 2.95. The molecule has 5 heteroatoms. The van der Waals surface area contributed by atoms with E-state index in [9.17, 15) is 13.2 Å². The van der Waals surface area contributed by atoms with Crippen LogP contribution in [0.4, 0.5) is 13.2 Å². The summed E-state index contributed by atoms with van der Waals surface area (Å²) in [7, 11) is 0. The molecular formula is C15H23F3N2. The summed E-state index contributed by atoms with van der Waals surface area (Å²) in [6.45, 7) is 4.20. The molecule has 0 saturated heterocycles. The molecule has 0 amide bonds. The van der Waals surface area contributed by atoms with E-state index in [2.05, 4.69) is 19.3 Å². The van der Waals surface area contributed by atoms with E-state index in [4.69, 9.17) is 5.84 Å². The summed E-state index contributed by atoms with van der Waals surface area (Å²) in [5.74, 6) is 5.96. The summed E-state index contributed by atoms with van der Waals surface area (Å²) in [6.07, 6.45) is -0.225. The molecule has 0 saturated carbocycles. The molecule has 3 N–H and O–H groups in total. The van der Waals surface area contributed by atoms with E-state index in [0.717, 1.165) is 43.4 Å². The third-order valence-electron chi connectivity index (χ3n) is 3.57. The number of rotatable bonds is 7. The molecule has 0 fully saturated rings. The van der Waals surface area contributed by atoms with Crippen molar-refractivity contribution < 1.29 is 13.2 Å². The number of benzene rings is 1. The van der Waals surface area contributed by atoms with Crippen LogP contribution in [0.3, 0.4) is 0 Å². The fourth-order valence-corrected chi connectivity index (χ4v) is 2.60. The van der Waals surface area contributed by atoms with Gasteiger partial charge in [-0.25, -0.2) is 0 Å². The molecule has 0 spiro atoms. The van der Waals surface area contributed by atoms with E-state index in [0.29, 0.717) is 5.92 Å². The molecule has 0 radical (unpaired) electrons. The van der Waals surface area contributed by atoms with Gasteiger partial charge in [0.15, 0.2) is 0 Å². The number of hydrazine groups is 1. The van der Waals surface area contributed by atoms with Gasteiger partial charge in [0.1, 0.15) is 0 Å². The molecule has 1 unspecified atom stereocenters. The Morgan fingerprint density at radius 2 is 1.55 bits per heavy atom. The second-order valence-corrected chi connectivity index (χ2v) is 5.10. The summed E-state index contributed by atoms with van der Waals surface area (Å²) in [4.78, 5) is 0. The number of hydrogen-bond acceptors (Lipinski definition) is 2. The van der Waals surface area contributed by atoms with Crippen molar-refractivity contribution in [1.29, 1.82) is 0 Å². The Morgan fingerprint density at radius 3 is 1.90 bits per heavy atom. The standard InChI is InChI=1S/C15H23F3N2/c1-3-5-11(6-4-2)14(20-19)12-7-9-13(10-8-12)15(16,17)18/h7-11,14,20H,3-6,19H2,1-2H3. The van der Waals surface area contributed by atoms with Gasteiger partial charge in [-0.2, -0.15) is 13.2 Å². The van der Waals surface area contributed by atoms with Gasteiger partial charge in [-0.05, 0) is 36.5 Å². The Morgan fingerprint density at radius 1 is 1.05 bits per heavy atom. The van der Waals surface area contributed by atoms with E-state index >= 15 is 0 Å². The second-order valence-electron chi connectivity index (χ2n) is 5.10. The fourth-order valence-electron chi connectivity index (χ4n) is 2.60. The van der Waals surface area contributed by atoms with Crippen LogP contribution in [0.1, 0.15) is 56.7 Å². The lowest BCUT2D eigenvalue weighted by atomic mass is 9.86. The first-order chi connectivity index (χ1) is 9.43. The second kappa shape index (κ2) is 7.64. The number of nitrogens with one attached hydrogen (secondary N) is 1. The minimum atomic E-state index is -4.30. The third-order valence-corrected chi connectivity index (χ3v) is 3.57. The van der Waals surface area contributed by atoms with Gasteiger partial charge < -0.3 is 0 Å². The summed E-state index contributed by atoms with van der Waals surface area (Å²) < 4.78 is 37.7. The van der Waals surface area contributed by atoms with Crippen molar-refractivity contribution >= 4 is 0 Å². The van der Waals surface area contributed by atoms with Crippen LogP contribution in [0.5, 0.6) is 0 Å². The van der Waals surface area contributed by atoms with Crippen molar-refractivity contribution in [2.24, 2.45) is 11.8 Å². The highest BCUT2D eigenvalue weighted by atomic mass is 19.4. The molecule has 1 rings (SSSR count). The molecule has 0 bridgehead atoms. The molecule has 1 aromatic carbocycles. The van der Waals surface area contributed by atoms with Gasteiger partial charge in [0.25, 0.3) is 0 Å². The predicted molar refractivity (Wildman–Crippen MR) is 74.8 cm³/mol. The minimum absolute atomic E-state index is 0.0998. The van der Waals surface area contributed by atoms with E-state index < -0.39 is 11.7 Å². The van der Waals surface area contributed by atoms with Crippen LogP contribution in [-0.2, 0) is 6.18 Å². The van der Waals surface area contributed by atoms with Crippen LogP contribution in [0.2, 0.25) is 0 Å². The quantitative estimate of drug-likeness (QED) is 0.575. The highest BCUT2D eigenvalue weighted by Gasteiger charge is 2.30. The van der Waals surface area contributed by atoms with Crippen LogP contribution in [0.25, 0.3) is 0 Å². The Labute approximate surface area is 118 Å². The van der Waals surface area contributed by atoms with E-state index in [1.807, 2.05) is 0 Å². The highest BCUT2D eigenvalue weighted by molar-refractivity contribution is 5.27. The van der Waals surface area contributed by atoms with Crippen molar-refractivity contribution in [3.63, 3.8) is 0 Å². The molecule has 2 nitrogen and oxygen atoms in total. The normalized spacial score (nSPS) is 13.8. The van der Waals surface area contributed by atoms with E-state index in [-0.39, 0.29) is 6.04 Å². The van der Waals surface area contributed by atoms with Gasteiger partial charge in [-0.1, -0.05) is 38.8 Å². The summed E-state index contributed by atoms with van der Waals surface area (Å²) in [5, 5.41) is 0. The van der Waals surface area contributed by atoms with Crippen LogP contribution in [0, 0.1) is 5.92 Å². The van der Waals surface area contributed by atoms with Gasteiger partial charge in [0.2, 0.25) is 0 Å². The van der Waals surface area contributed by atoms with Gasteiger partial charge in [-0.3, -0.25) is 11.3 Å². The van der Waals surface area contributed by atoms with Gasteiger partial charge in [-0.15, -0.1) is 0 Å². The molecule has 0 aliphatic rings. The number of alkyl halides is 3. The molecule has 0 aliphatic heterocycles. The first-order valence-corrected chi connectivity index (χ1v) is 7.07. The monoisotopic (exact) mass is 288 g/mol. The minimum Gasteiger partial charge on any atom is -0.271 e. The molecule has 0 heterocycles. The zero-order valence-corrected chi connectivity index (χ0v) is 12.0. The Bertz CT molecular complexity index is 381. The van der Waals surface area contributed by atoms with E-state index in [1.54, 1.807) is 0 Å². The van der Waals surface area contributed by atoms with Crippen LogP contribution >= 0.6 is 0 Å². The first-order valence-electron chi connectivity index (χ1n) is 7.07. The number of nitrogens with two attached hydrogens (primary N) is 1. The lowest BCUT2D eigenvalue weighted by molar-refractivity contribution is -0.137. The highest BCUT2D eigenvalue weighted by Crippen LogP contribution is 2.33. The van der Waals surface area contributed by atoms with Crippen molar-refractivity contribution in [3.05, 3.63) is 35.4 Å². The molecule has 0 aromatic heterocycles. The Balaban J connectivity index is 2.93. The Kier molecular flexibility index (Phi) is 6.49. The topological polar surface area (TPSA) is 38.0 Å². The predicted octanol–water partition coefficient (Wildman–Crippen LogP) is 4.43. The molecule has 0 aliphatic carbocycles. The SMILES string of the molecule is CCCC(CCC)C(NN)c1ccc(C(F)(F)F)cc1. The Hall–Kier alpha value is -1.07. The van der Waals surface area contributed by atoms with Crippen molar-refractivity contribution in [1.82, 2.24) is 5.43 Å². The van der Waals surface area contributed by atoms with Crippen LogP contribution in [0.15, 0.2) is 24.3 Å². The summed E-state index contributed by atoms with van der Waals surface area (Å²) >= 11 is 0. The summed E-state index contributed by atoms with van der Waals surface area (Å²) in [6, 6.07) is 5.18. The molecular weight excluding hydrogens is 265 g/mol. The van der Waals surface area contributed by atoms with Gasteiger partial charge >= 0.3 is 6.18 Å². The molecule has 114 valence electrons. The average molecular weight is 288 g/mol. The molecule has 1 atom stereocenters. The van der Waals surface area contributed by atoms with Crippen molar-refractivity contribution in [2.75, 3.05) is 0 Å². The zero-order chi connectivity index (χ0) is 15.2. The third kappa shape index (κ3) is 4.49. The van der Waals surface area contributed by atoms with E-state index in [1.165, 1.54) is 12.1 Å². The van der Waals surface area contributed by atoms with Crippen molar-refractivity contribution in [2.45, 2.75) is 51.7 Å². The van der Waals surface area contributed by atoms with Gasteiger partial charge in [0, 0.05) is 6.04 Å². The van der Waals surface area contributed by atoms with Crippen LogP contribution in [-0.4, -0.2) is 0 Å². The molecule has 20 heavy (non-hydrogen) atoms. The number of hydrogen-bond donors (Lipinski definition) is 2. The lowest BCUT2D eigenvalue weighted by Gasteiger charge is -2.27. The van der Waals surface area contributed by atoms with Gasteiger partial charge in [0.05, 0.1) is 5.56 Å². The maximum absolute atomic E-state index is 12.6. The fraction of sp³-hybridized carbons (Fsp3) is 0.600. The van der Waals surface area contributed by atoms with Crippen molar-refractivity contribution in [3.8, 4) is 0 Å². The first kappa shape index (κ1) is 17.0.